The summed E-state index contributed by atoms with van der Waals surface area (Å²) in [6.07, 6.45) is 2.25. The summed E-state index contributed by atoms with van der Waals surface area (Å²) >= 11 is 0. The molecule has 1 aromatic rings. The first-order valence-corrected chi connectivity index (χ1v) is 5.21. The Labute approximate surface area is 94.9 Å². The number of aliphatic hydroxyl groups is 1. The number of nitrogens with one attached hydrogen (secondary N) is 2. The molecule has 5 heteroatoms. The fourth-order valence-electron chi connectivity index (χ4n) is 1.10. The second kappa shape index (κ2) is 5.46. The zero-order valence-electron chi connectivity index (χ0n) is 9.53. The topological polar surface area (TPSA) is 74.2 Å². The monoisotopic (exact) mass is 223 g/mol. The van der Waals surface area contributed by atoms with Crippen LogP contribution in [0.3, 0.4) is 0 Å². The standard InChI is InChI=1S/C11H17N3O2/c1-3-11(2,8-15)14-10(16)13-9-6-4-5-7-12-9/h4-7,15H,3,8H2,1-2H3,(H2,12,13,14,16)/t11-/m1/s1. The number of aliphatic hydroxyl groups excluding tert-OH is 1. The first-order chi connectivity index (χ1) is 7.59. The summed E-state index contributed by atoms with van der Waals surface area (Å²) in [5, 5.41) is 14.4. The number of amides is 2. The Morgan fingerprint density at radius 2 is 2.31 bits per heavy atom. The first kappa shape index (κ1) is 12.4. The van der Waals surface area contributed by atoms with Crippen LogP contribution < -0.4 is 10.6 Å². The molecule has 0 saturated carbocycles. The number of hydrogen-bond acceptors (Lipinski definition) is 3. The third kappa shape index (κ3) is 3.51. The molecular weight excluding hydrogens is 206 g/mol. The summed E-state index contributed by atoms with van der Waals surface area (Å²) in [7, 11) is 0. The predicted octanol–water partition coefficient (Wildman–Crippen LogP) is 1.36. The molecule has 0 radical (unpaired) electrons. The molecule has 0 bridgehead atoms. The second-order valence-corrected chi connectivity index (χ2v) is 3.87. The van der Waals surface area contributed by atoms with Crippen LogP contribution in [0.4, 0.5) is 10.6 Å². The quantitative estimate of drug-likeness (QED) is 0.721. The summed E-state index contributed by atoms with van der Waals surface area (Å²) in [6, 6.07) is 4.89. The van der Waals surface area contributed by atoms with Crippen LogP contribution >= 0.6 is 0 Å². The maximum absolute atomic E-state index is 11.6. The van der Waals surface area contributed by atoms with E-state index in [2.05, 4.69) is 15.6 Å². The van der Waals surface area contributed by atoms with Gasteiger partial charge in [0.15, 0.2) is 0 Å². The minimum absolute atomic E-state index is 0.0981. The smallest absolute Gasteiger partial charge is 0.320 e. The van der Waals surface area contributed by atoms with E-state index in [1.54, 1.807) is 31.3 Å². The maximum atomic E-state index is 11.6. The Hall–Kier alpha value is -1.62. The van der Waals surface area contributed by atoms with Gasteiger partial charge < -0.3 is 10.4 Å². The predicted molar refractivity (Wildman–Crippen MR) is 62.2 cm³/mol. The summed E-state index contributed by atoms with van der Waals surface area (Å²) in [5.41, 5.74) is -0.598. The minimum Gasteiger partial charge on any atom is -0.394 e. The molecular formula is C11H17N3O2. The molecule has 0 spiro atoms. The molecule has 0 aromatic carbocycles. The second-order valence-electron chi connectivity index (χ2n) is 3.87. The van der Waals surface area contributed by atoms with Gasteiger partial charge in [-0.25, -0.2) is 9.78 Å². The van der Waals surface area contributed by atoms with Crippen LogP contribution in [0.5, 0.6) is 0 Å². The van der Waals surface area contributed by atoms with Crippen LogP contribution in [0.2, 0.25) is 0 Å². The molecule has 0 fully saturated rings. The van der Waals surface area contributed by atoms with Crippen LogP contribution in [0, 0.1) is 0 Å². The Kier molecular flexibility index (Phi) is 4.25. The summed E-state index contributed by atoms with van der Waals surface area (Å²) in [4.78, 5) is 15.5. The molecule has 0 saturated heterocycles. The molecule has 0 aliphatic heterocycles. The van der Waals surface area contributed by atoms with E-state index in [1.165, 1.54) is 0 Å². The van der Waals surface area contributed by atoms with Crippen LogP contribution in [-0.2, 0) is 0 Å². The largest absolute Gasteiger partial charge is 0.394 e. The van der Waals surface area contributed by atoms with E-state index in [0.29, 0.717) is 12.2 Å². The molecule has 0 aliphatic carbocycles. The summed E-state index contributed by atoms with van der Waals surface area (Å²) in [6.45, 7) is 3.58. The number of nitrogens with zero attached hydrogens (tertiary/aromatic N) is 1. The van der Waals surface area contributed by atoms with Crippen LogP contribution in [0.1, 0.15) is 20.3 Å². The lowest BCUT2D eigenvalue weighted by Gasteiger charge is -2.27. The van der Waals surface area contributed by atoms with Crippen LogP contribution in [0.15, 0.2) is 24.4 Å². The summed E-state index contributed by atoms with van der Waals surface area (Å²) < 4.78 is 0. The molecule has 88 valence electrons. The number of anilines is 1. The molecule has 3 N–H and O–H groups in total. The van der Waals surface area contributed by atoms with Crippen molar-refractivity contribution in [1.82, 2.24) is 10.3 Å². The van der Waals surface area contributed by atoms with Crippen molar-refractivity contribution >= 4 is 11.8 Å². The Morgan fingerprint density at radius 3 is 2.81 bits per heavy atom. The lowest BCUT2D eigenvalue weighted by molar-refractivity contribution is 0.172. The Bertz CT molecular complexity index is 336. The van der Waals surface area contributed by atoms with E-state index < -0.39 is 5.54 Å². The van der Waals surface area contributed by atoms with Crippen molar-refractivity contribution in [3.8, 4) is 0 Å². The Morgan fingerprint density at radius 1 is 1.56 bits per heavy atom. The van der Waals surface area contributed by atoms with E-state index in [4.69, 9.17) is 5.11 Å². The third-order valence-electron chi connectivity index (χ3n) is 2.45. The maximum Gasteiger partial charge on any atom is 0.320 e. The fraction of sp³-hybridized carbons (Fsp3) is 0.455. The van der Waals surface area contributed by atoms with Crippen molar-refractivity contribution in [2.75, 3.05) is 11.9 Å². The van der Waals surface area contributed by atoms with Gasteiger partial charge in [0.05, 0.1) is 12.1 Å². The van der Waals surface area contributed by atoms with Crippen molar-refractivity contribution in [3.05, 3.63) is 24.4 Å². The van der Waals surface area contributed by atoms with Gasteiger partial charge in [0, 0.05) is 6.20 Å². The van der Waals surface area contributed by atoms with Gasteiger partial charge in [0.25, 0.3) is 0 Å². The van der Waals surface area contributed by atoms with Gasteiger partial charge in [-0.05, 0) is 25.5 Å². The number of rotatable bonds is 4. The van der Waals surface area contributed by atoms with Gasteiger partial charge in [-0.3, -0.25) is 5.32 Å². The highest BCUT2D eigenvalue weighted by molar-refractivity contribution is 5.88. The average molecular weight is 223 g/mol. The highest BCUT2D eigenvalue weighted by atomic mass is 16.3. The van der Waals surface area contributed by atoms with E-state index in [9.17, 15) is 4.79 Å². The van der Waals surface area contributed by atoms with Gasteiger partial charge in [-0.1, -0.05) is 13.0 Å². The van der Waals surface area contributed by atoms with Crippen molar-refractivity contribution in [1.29, 1.82) is 0 Å². The molecule has 1 heterocycles. The fourth-order valence-corrected chi connectivity index (χ4v) is 1.10. The van der Waals surface area contributed by atoms with Crippen molar-refractivity contribution in [3.63, 3.8) is 0 Å². The highest BCUT2D eigenvalue weighted by Crippen LogP contribution is 2.08. The number of hydrogen-bond donors (Lipinski definition) is 3. The molecule has 5 nitrogen and oxygen atoms in total. The average Bonchev–Trinajstić information content (AvgIpc) is 2.30. The first-order valence-electron chi connectivity index (χ1n) is 5.21. The van der Waals surface area contributed by atoms with Crippen LogP contribution in [-0.4, -0.2) is 28.3 Å². The molecule has 0 unspecified atom stereocenters. The summed E-state index contributed by atoms with van der Waals surface area (Å²) in [5.74, 6) is 0.483. The van der Waals surface area contributed by atoms with Crippen molar-refractivity contribution in [2.45, 2.75) is 25.8 Å². The Balaban J connectivity index is 2.54. The number of urea groups is 1. The molecule has 1 atom stereocenters. The normalized spacial score (nSPS) is 13.9. The highest BCUT2D eigenvalue weighted by Gasteiger charge is 2.23. The van der Waals surface area contributed by atoms with Gasteiger partial charge in [0.2, 0.25) is 0 Å². The van der Waals surface area contributed by atoms with Gasteiger partial charge in [0.1, 0.15) is 5.82 Å². The third-order valence-corrected chi connectivity index (χ3v) is 2.45. The number of carbonyl (C=O) groups is 1. The molecule has 2 amide bonds. The van der Waals surface area contributed by atoms with Crippen molar-refractivity contribution < 1.29 is 9.90 Å². The zero-order chi connectivity index (χ0) is 12.0. The SMILES string of the molecule is CC[C@](C)(CO)NC(=O)Nc1ccccn1. The van der Waals surface area contributed by atoms with Gasteiger partial charge in [-0.15, -0.1) is 0 Å². The van der Waals surface area contributed by atoms with Gasteiger partial charge in [-0.2, -0.15) is 0 Å². The van der Waals surface area contributed by atoms with Gasteiger partial charge >= 0.3 is 6.03 Å². The van der Waals surface area contributed by atoms with E-state index in [1.807, 2.05) is 6.92 Å². The zero-order valence-corrected chi connectivity index (χ0v) is 9.53. The molecule has 1 rings (SSSR count). The van der Waals surface area contributed by atoms with Crippen molar-refractivity contribution in [2.24, 2.45) is 0 Å². The number of pyridine rings is 1. The number of aromatic nitrogens is 1. The minimum atomic E-state index is -0.598. The lowest BCUT2D eigenvalue weighted by Crippen LogP contribution is -2.50. The molecule has 0 aliphatic rings. The van der Waals surface area contributed by atoms with E-state index in [-0.39, 0.29) is 12.6 Å². The van der Waals surface area contributed by atoms with Crippen LogP contribution in [0.25, 0.3) is 0 Å². The molecule has 1 aromatic heterocycles. The molecule has 16 heavy (non-hydrogen) atoms. The lowest BCUT2D eigenvalue weighted by atomic mass is 10.0. The van der Waals surface area contributed by atoms with E-state index >= 15 is 0 Å². The number of carbonyl (C=O) groups excluding carboxylic acids is 1. The van der Waals surface area contributed by atoms with E-state index in [0.717, 1.165) is 0 Å².